The smallest absolute Gasteiger partial charge is 0.191 e. The number of hydrogen-bond acceptors (Lipinski definition) is 3. The largest absolute Gasteiger partial charge is 0.481 e. The van der Waals surface area contributed by atoms with Gasteiger partial charge in [0.25, 0.3) is 0 Å². The predicted molar refractivity (Wildman–Crippen MR) is 76.0 cm³/mol. The minimum Gasteiger partial charge on any atom is -0.481 e. The van der Waals surface area contributed by atoms with Crippen LogP contribution in [0.25, 0.3) is 0 Å². The highest BCUT2D eigenvalue weighted by atomic mass is 19.1. The average molecular weight is 295 g/mol. The molecule has 21 heavy (non-hydrogen) atoms. The summed E-state index contributed by atoms with van der Waals surface area (Å²) in [6.45, 7) is 3.33. The molecule has 0 amide bonds. The molecular formula is C15H19F2N3O. The average Bonchev–Trinajstić information content (AvgIpc) is 2.86. The molecule has 0 aliphatic heterocycles. The first-order chi connectivity index (χ1) is 10.2. The Hall–Kier alpha value is -1.95. The zero-order valence-electron chi connectivity index (χ0n) is 12.2. The molecule has 0 aliphatic rings. The third-order valence-corrected chi connectivity index (χ3v) is 3.07. The molecular weight excluding hydrogens is 276 g/mol. The first-order valence-corrected chi connectivity index (χ1v) is 6.90. The van der Waals surface area contributed by atoms with Crippen molar-refractivity contribution in [2.45, 2.75) is 33.0 Å². The van der Waals surface area contributed by atoms with Gasteiger partial charge in [0.2, 0.25) is 0 Å². The Bertz CT molecular complexity index is 575. The van der Waals surface area contributed by atoms with Crippen molar-refractivity contribution in [2.24, 2.45) is 0 Å². The number of halogens is 2. The van der Waals surface area contributed by atoms with Crippen molar-refractivity contribution in [3.05, 3.63) is 47.5 Å². The van der Waals surface area contributed by atoms with E-state index in [0.717, 1.165) is 18.7 Å². The summed E-state index contributed by atoms with van der Waals surface area (Å²) in [6.07, 6.45) is 4.27. The maximum Gasteiger partial charge on any atom is 0.191 e. The SMILES string of the molecule is CCCn1cncc1COc1c(F)cc(CNC)cc1F. The minimum absolute atomic E-state index is 0.0826. The normalized spacial score (nSPS) is 10.9. The van der Waals surface area contributed by atoms with Gasteiger partial charge in [0.15, 0.2) is 17.4 Å². The van der Waals surface area contributed by atoms with Gasteiger partial charge in [-0.1, -0.05) is 6.92 Å². The molecule has 0 aliphatic carbocycles. The van der Waals surface area contributed by atoms with Gasteiger partial charge in [-0.15, -0.1) is 0 Å². The van der Waals surface area contributed by atoms with E-state index in [1.54, 1.807) is 19.6 Å². The molecule has 1 N–H and O–H groups in total. The molecule has 0 unspecified atom stereocenters. The lowest BCUT2D eigenvalue weighted by Gasteiger charge is -2.11. The molecule has 1 aromatic carbocycles. The second kappa shape index (κ2) is 7.17. The van der Waals surface area contributed by atoms with Crippen LogP contribution >= 0.6 is 0 Å². The predicted octanol–water partition coefficient (Wildman–Crippen LogP) is 2.87. The van der Waals surface area contributed by atoms with Crippen LogP contribution in [0.3, 0.4) is 0 Å². The number of ether oxygens (including phenoxy) is 1. The summed E-state index contributed by atoms with van der Waals surface area (Å²) in [4.78, 5) is 4.02. The van der Waals surface area contributed by atoms with E-state index < -0.39 is 11.6 Å². The van der Waals surface area contributed by atoms with Crippen LogP contribution in [0.2, 0.25) is 0 Å². The van der Waals surface area contributed by atoms with Crippen molar-refractivity contribution < 1.29 is 13.5 Å². The number of imidazole rings is 1. The van der Waals surface area contributed by atoms with Gasteiger partial charge in [0.1, 0.15) is 6.61 Å². The summed E-state index contributed by atoms with van der Waals surface area (Å²) < 4.78 is 35.0. The summed E-state index contributed by atoms with van der Waals surface area (Å²) in [5.74, 6) is -1.73. The Kier molecular flexibility index (Phi) is 5.27. The van der Waals surface area contributed by atoms with Crippen LogP contribution in [0.4, 0.5) is 8.78 Å². The fraction of sp³-hybridized carbons (Fsp3) is 0.400. The van der Waals surface area contributed by atoms with E-state index in [1.165, 1.54) is 12.1 Å². The van der Waals surface area contributed by atoms with E-state index in [1.807, 2.05) is 11.5 Å². The third kappa shape index (κ3) is 3.78. The molecule has 2 aromatic rings. The Balaban J connectivity index is 2.11. The van der Waals surface area contributed by atoms with Gasteiger partial charge >= 0.3 is 0 Å². The van der Waals surface area contributed by atoms with Crippen LogP contribution in [-0.4, -0.2) is 16.6 Å². The Morgan fingerprint density at radius 3 is 2.62 bits per heavy atom. The van der Waals surface area contributed by atoms with E-state index >= 15 is 0 Å². The van der Waals surface area contributed by atoms with Crippen LogP contribution in [0.1, 0.15) is 24.6 Å². The molecule has 2 rings (SSSR count). The first-order valence-electron chi connectivity index (χ1n) is 6.90. The topological polar surface area (TPSA) is 39.1 Å². The highest BCUT2D eigenvalue weighted by molar-refractivity contribution is 5.31. The van der Waals surface area contributed by atoms with Crippen molar-refractivity contribution >= 4 is 0 Å². The first kappa shape index (κ1) is 15.4. The molecule has 114 valence electrons. The lowest BCUT2D eigenvalue weighted by Crippen LogP contribution is -2.09. The lowest BCUT2D eigenvalue weighted by atomic mass is 10.2. The molecule has 0 bridgehead atoms. The van der Waals surface area contributed by atoms with Crippen molar-refractivity contribution in [2.75, 3.05) is 7.05 Å². The van der Waals surface area contributed by atoms with E-state index in [4.69, 9.17) is 4.74 Å². The zero-order chi connectivity index (χ0) is 15.2. The van der Waals surface area contributed by atoms with Gasteiger partial charge in [0.05, 0.1) is 18.2 Å². The number of benzene rings is 1. The fourth-order valence-corrected chi connectivity index (χ4v) is 2.11. The van der Waals surface area contributed by atoms with Gasteiger partial charge in [0, 0.05) is 13.1 Å². The van der Waals surface area contributed by atoms with Gasteiger partial charge < -0.3 is 14.6 Å². The van der Waals surface area contributed by atoms with Crippen molar-refractivity contribution in [3.8, 4) is 5.75 Å². The second-order valence-corrected chi connectivity index (χ2v) is 4.79. The highest BCUT2D eigenvalue weighted by Crippen LogP contribution is 2.24. The number of nitrogens with zero attached hydrogens (tertiary/aromatic N) is 2. The van der Waals surface area contributed by atoms with Gasteiger partial charge in [-0.05, 0) is 31.2 Å². The molecule has 6 heteroatoms. The minimum atomic E-state index is -0.693. The second-order valence-electron chi connectivity index (χ2n) is 4.79. The molecule has 4 nitrogen and oxygen atoms in total. The van der Waals surface area contributed by atoms with E-state index in [0.29, 0.717) is 12.1 Å². The molecule has 0 spiro atoms. The lowest BCUT2D eigenvalue weighted by molar-refractivity contribution is 0.265. The standard InChI is InChI=1S/C15H19F2N3O/c1-3-4-20-10-19-8-12(20)9-21-15-13(16)5-11(7-18-2)6-14(15)17/h5-6,8,10,18H,3-4,7,9H2,1-2H3. The Morgan fingerprint density at radius 2 is 2.00 bits per heavy atom. The quantitative estimate of drug-likeness (QED) is 0.853. The van der Waals surface area contributed by atoms with Crippen LogP contribution in [-0.2, 0) is 19.7 Å². The number of aryl methyl sites for hydroxylation is 1. The molecule has 0 atom stereocenters. The van der Waals surface area contributed by atoms with Crippen LogP contribution in [0.15, 0.2) is 24.7 Å². The molecule has 1 heterocycles. The summed E-state index contributed by atoms with van der Waals surface area (Å²) in [6, 6.07) is 2.55. The zero-order valence-corrected chi connectivity index (χ0v) is 12.2. The Morgan fingerprint density at radius 1 is 1.29 bits per heavy atom. The van der Waals surface area contributed by atoms with Crippen molar-refractivity contribution in [1.82, 2.24) is 14.9 Å². The highest BCUT2D eigenvalue weighted by Gasteiger charge is 2.13. The van der Waals surface area contributed by atoms with E-state index in [2.05, 4.69) is 10.3 Å². The van der Waals surface area contributed by atoms with E-state index in [9.17, 15) is 8.78 Å². The fourth-order valence-electron chi connectivity index (χ4n) is 2.11. The summed E-state index contributed by atoms with van der Waals surface area (Å²) in [7, 11) is 1.72. The monoisotopic (exact) mass is 295 g/mol. The summed E-state index contributed by atoms with van der Waals surface area (Å²) in [5, 5.41) is 2.85. The van der Waals surface area contributed by atoms with Crippen LogP contribution in [0, 0.1) is 11.6 Å². The number of nitrogens with one attached hydrogen (secondary N) is 1. The molecule has 1 aromatic heterocycles. The number of aromatic nitrogens is 2. The summed E-state index contributed by atoms with van der Waals surface area (Å²) in [5.41, 5.74) is 1.32. The van der Waals surface area contributed by atoms with Crippen LogP contribution in [0.5, 0.6) is 5.75 Å². The molecule has 0 radical (unpaired) electrons. The third-order valence-electron chi connectivity index (χ3n) is 3.07. The van der Waals surface area contributed by atoms with Gasteiger partial charge in [-0.2, -0.15) is 0 Å². The summed E-state index contributed by atoms with van der Waals surface area (Å²) >= 11 is 0. The number of hydrogen-bond donors (Lipinski definition) is 1. The molecule has 0 saturated heterocycles. The van der Waals surface area contributed by atoms with E-state index in [-0.39, 0.29) is 12.4 Å². The maximum absolute atomic E-state index is 13.9. The maximum atomic E-state index is 13.9. The van der Waals surface area contributed by atoms with Gasteiger partial charge in [-0.25, -0.2) is 13.8 Å². The van der Waals surface area contributed by atoms with Crippen molar-refractivity contribution in [1.29, 1.82) is 0 Å². The molecule has 0 saturated carbocycles. The molecule has 0 fully saturated rings. The van der Waals surface area contributed by atoms with Gasteiger partial charge in [-0.3, -0.25) is 0 Å². The Labute approximate surface area is 122 Å². The van der Waals surface area contributed by atoms with Crippen molar-refractivity contribution in [3.63, 3.8) is 0 Å². The number of rotatable bonds is 7. The van der Waals surface area contributed by atoms with Crippen LogP contribution < -0.4 is 10.1 Å².